The first-order valence-corrected chi connectivity index (χ1v) is 11.5. The summed E-state index contributed by atoms with van der Waals surface area (Å²) in [4.78, 5) is 29.7. The molecule has 0 aliphatic heterocycles. The second-order valence-electron chi connectivity index (χ2n) is 7.42. The molecule has 0 unspecified atom stereocenters. The Morgan fingerprint density at radius 3 is 2.67 bits per heavy atom. The molecule has 1 heterocycles. The summed E-state index contributed by atoms with van der Waals surface area (Å²) in [6, 6.07) is 17.9. The van der Waals surface area contributed by atoms with Crippen LogP contribution in [0.4, 0.5) is 10.8 Å². The lowest BCUT2D eigenvalue weighted by atomic mass is 10.1. The Bertz CT molecular complexity index is 1320. The molecular weight excluding hydrogens is 458 g/mol. The quantitative estimate of drug-likeness (QED) is 0.294. The number of para-hydroxylation sites is 1. The van der Waals surface area contributed by atoms with E-state index in [1.54, 1.807) is 49.6 Å². The average molecular weight is 480 g/mol. The van der Waals surface area contributed by atoms with E-state index in [1.165, 1.54) is 11.3 Å². The summed E-state index contributed by atoms with van der Waals surface area (Å²) < 4.78 is 6.05. The largest absolute Gasteiger partial charge is 0.497 e. The third-order valence-electron chi connectivity index (χ3n) is 5.13. The van der Waals surface area contributed by atoms with Crippen molar-refractivity contribution in [2.75, 3.05) is 24.3 Å². The smallest absolute Gasteiger partial charge is 0.255 e. The SMILES string of the molecule is COc1cccc(C(=O)CCNc2nc3ccc(C(=O)Nc4c(C)cccc4Cl)cc3s2)c1. The molecule has 0 atom stereocenters. The molecule has 4 rings (SSSR count). The Morgan fingerprint density at radius 1 is 1.06 bits per heavy atom. The van der Waals surface area contributed by atoms with Crippen molar-refractivity contribution in [3.8, 4) is 5.75 Å². The molecule has 6 nitrogen and oxygen atoms in total. The van der Waals surface area contributed by atoms with Gasteiger partial charge in [-0.2, -0.15) is 0 Å². The fourth-order valence-electron chi connectivity index (χ4n) is 3.34. The van der Waals surface area contributed by atoms with E-state index in [4.69, 9.17) is 16.3 Å². The van der Waals surface area contributed by atoms with E-state index in [2.05, 4.69) is 15.6 Å². The Morgan fingerprint density at radius 2 is 1.88 bits per heavy atom. The predicted octanol–water partition coefficient (Wildman–Crippen LogP) is 6.20. The zero-order chi connectivity index (χ0) is 23.4. The molecule has 0 radical (unpaired) electrons. The molecule has 0 aliphatic carbocycles. The number of anilines is 2. The van der Waals surface area contributed by atoms with Gasteiger partial charge in [-0.3, -0.25) is 9.59 Å². The van der Waals surface area contributed by atoms with Gasteiger partial charge in [-0.15, -0.1) is 0 Å². The number of nitrogens with zero attached hydrogens (tertiary/aromatic N) is 1. The van der Waals surface area contributed by atoms with Crippen LogP contribution in [-0.2, 0) is 0 Å². The Kier molecular flexibility index (Phi) is 6.91. The lowest BCUT2D eigenvalue weighted by Crippen LogP contribution is -2.13. The molecule has 0 spiro atoms. The number of ketones is 1. The van der Waals surface area contributed by atoms with Gasteiger partial charge in [0.25, 0.3) is 5.91 Å². The topological polar surface area (TPSA) is 80.3 Å². The zero-order valence-electron chi connectivity index (χ0n) is 18.1. The second kappa shape index (κ2) is 10.0. The lowest BCUT2D eigenvalue weighted by molar-refractivity contribution is 0.0984. The highest BCUT2D eigenvalue weighted by molar-refractivity contribution is 7.22. The second-order valence-corrected chi connectivity index (χ2v) is 8.86. The van der Waals surface area contributed by atoms with Crippen LogP contribution >= 0.6 is 22.9 Å². The van der Waals surface area contributed by atoms with Crippen LogP contribution in [0.2, 0.25) is 5.02 Å². The fourth-order valence-corrected chi connectivity index (χ4v) is 4.54. The first kappa shape index (κ1) is 22.8. The standard InChI is InChI=1S/C25H22ClN3O3S/c1-15-5-3-8-19(26)23(15)29-24(31)17-9-10-20-22(14-17)33-25(28-20)27-12-11-21(30)16-6-4-7-18(13-16)32-2/h3-10,13-14H,11-12H2,1-2H3,(H,27,28)(H,29,31). The lowest BCUT2D eigenvalue weighted by Gasteiger charge is -2.10. The average Bonchev–Trinajstić information content (AvgIpc) is 3.23. The molecule has 0 bridgehead atoms. The maximum atomic E-state index is 12.7. The minimum absolute atomic E-state index is 0.0244. The van der Waals surface area contributed by atoms with Gasteiger partial charge in [0.15, 0.2) is 10.9 Å². The van der Waals surface area contributed by atoms with Gasteiger partial charge >= 0.3 is 0 Å². The summed E-state index contributed by atoms with van der Waals surface area (Å²) in [5.41, 5.74) is 3.42. The maximum absolute atomic E-state index is 12.7. The first-order chi connectivity index (χ1) is 15.9. The number of nitrogens with one attached hydrogen (secondary N) is 2. The van der Waals surface area contributed by atoms with E-state index >= 15 is 0 Å². The molecule has 8 heteroatoms. The molecule has 0 aliphatic rings. The van der Waals surface area contributed by atoms with Crippen LogP contribution in [-0.4, -0.2) is 30.3 Å². The number of carbonyl (C=O) groups is 2. The normalized spacial score (nSPS) is 10.8. The summed E-state index contributed by atoms with van der Waals surface area (Å²) in [6.45, 7) is 2.35. The number of halogens is 1. The van der Waals surface area contributed by atoms with Crippen LogP contribution in [0.3, 0.4) is 0 Å². The summed E-state index contributed by atoms with van der Waals surface area (Å²) in [5.74, 6) is 0.445. The van der Waals surface area contributed by atoms with Crippen molar-refractivity contribution >= 4 is 55.7 Å². The van der Waals surface area contributed by atoms with Gasteiger partial charge in [-0.05, 0) is 48.9 Å². The van der Waals surface area contributed by atoms with Crippen molar-refractivity contribution in [3.05, 3.63) is 82.4 Å². The highest BCUT2D eigenvalue weighted by atomic mass is 35.5. The number of aromatic nitrogens is 1. The third kappa shape index (κ3) is 5.32. The van der Waals surface area contributed by atoms with Crippen LogP contribution in [0.1, 0.15) is 32.7 Å². The summed E-state index contributed by atoms with van der Waals surface area (Å²) in [6.07, 6.45) is 0.327. The van der Waals surface area contributed by atoms with Gasteiger partial charge in [0.1, 0.15) is 5.75 Å². The van der Waals surface area contributed by atoms with Gasteiger partial charge in [0.2, 0.25) is 0 Å². The number of thiazole rings is 1. The molecule has 1 aromatic heterocycles. The van der Waals surface area contributed by atoms with Crippen LogP contribution in [0.5, 0.6) is 5.75 Å². The van der Waals surface area contributed by atoms with Crippen molar-refractivity contribution in [3.63, 3.8) is 0 Å². The molecular formula is C25H22ClN3O3S. The number of ether oxygens (including phenoxy) is 1. The molecule has 0 saturated carbocycles. The zero-order valence-corrected chi connectivity index (χ0v) is 19.7. The monoisotopic (exact) mass is 479 g/mol. The van der Waals surface area contributed by atoms with Crippen molar-refractivity contribution in [1.82, 2.24) is 4.98 Å². The van der Waals surface area contributed by atoms with Crippen LogP contribution in [0.25, 0.3) is 10.2 Å². The molecule has 2 N–H and O–H groups in total. The number of hydrogen-bond donors (Lipinski definition) is 2. The third-order valence-corrected chi connectivity index (χ3v) is 6.42. The van der Waals surface area contributed by atoms with Gasteiger partial charge in [0, 0.05) is 24.1 Å². The summed E-state index contributed by atoms with van der Waals surface area (Å²) in [7, 11) is 1.57. The number of benzene rings is 3. The minimum atomic E-state index is -0.236. The highest BCUT2D eigenvalue weighted by Gasteiger charge is 2.13. The van der Waals surface area contributed by atoms with E-state index in [-0.39, 0.29) is 11.7 Å². The fraction of sp³-hybridized carbons (Fsp3) is 0.160. The molecule has 1 amide bonds. The van der Waals surface area contributed by atoms with Gasteiger partial charge in [0.05, 0.1) is 28.0 Å². The highest BCUT2D eigenvalue weighted by Crippen LogP contribution is 2.29. The van der Waals surface area contributed by atoms with Gasteiger partial charge < -0.3 is 15.4 Å². The molecule has 168 valence electrons. The Hall–Kier alpha value is -3.42. The van der Waals surface area contributed by atoms with Gasteiger partial charge in [-0.1, -0.05) is 47.2 Å². The van der Waals surface area contributed by atoms with Crippen molar-refractivity contribution in [2.24, 2.45) is 0 Å². The van der Waals surface area contributed by atoms with E-state index in [0.717, 1.165) is 15.8 Å². The summed E-state index contributed by atoms with van der Waals surface area (Å²) >= 11 is 7.66. The van der Waals surface area contributed by atoms with Crippen molar-refractivity contribution < 1.29 is 14.3 Å². The Labute approximate surface area is 200 Å². The number of carbonyl (C=O) groups excluding carboxylic acids is 2. The number of aryl methyl sites for hydroxylation is 1. The predicted molar refractivity (Wildman–Crippen MR) is 134 cm³/mol. The number of rotatable bonds is 8. The minimum Gasteiger partial charge on any atom is -0.497 e. The van der Waals surface area contributed by atoms with Crippen LogP contribution in [0.15, 0.2) is 60.7 Å². The number of hydrogen-bond acceptors (Lipinski definition) is 6. The molecule has 33 heavy (non-hydrogen) atoms. The number of methoxy groups -OCH3 is 1. The van der Waals surface area contributed by atoms with E-state index in [1.807, 2.05) is 25.1 Å². The van der Waals surface area contributed by atoms with Crippen LogP contribution in [0, 0.1) is 6.92 Å². The summed E-state index contributed by atoms with van der Waals surface area (Å²) in [5, 5.41) is 7.29. The van der Waals surface area contributed by atoms with Crippen molar-refractivity contribution in [2.45, 2.75) is 13.3 Å². The number of fused-ring (bicyclic) bond motifs is 1. The van der Waals surface area contributed by atoms with Crippen LogP contribution < -0.4 is 15.4 Å². The van der Waals surface area contributed by atoms with E-state index < -0.39 is 0 Å². The van der Waals surface area contributed by atoms with E-state index in [9.17, 15) is 9.59 Å². The molecule has 4 aromatic rings. The molecule has 0 fully saturated rings. The Balaban J connectivity index is 1.40. The number of Topliss-reactive ketones (excluding diaryl/α,β-unsaturated/α-hetero) is 1. The van der Waals surface area contributed by atoms with Crippen molar-refractivity contribution in [1.29, 1.82) is 0 Å². The number of amides is 1. The van der Waals surface area contributed by atoms with Gasteiger partial charge in [-0.25, -0.2) is 4.98 Å². The first-order valence-electron chi connectivity index (χ1n) is 10.3. The maximum Gasteiger partial charge on any atom is 0.255 e. The molecule has 3 aromatic carbocycles. The van der Waals surface area contributed by atoms with E-state index in [0.29, 0.717) is 45.7 Å². The molecule has 0 saturated heterocycles.